The summed E-state index contributed by atoms with van der Waals surface area (Å²) in [5.74, 6) is 0.705. The summed E-state index contributed by atoms with van der Waals surface area (Å²) in [7, 11) is -3.60. The van der Waals surface area contributed by atoms with Crippen molar-refractivity contribution in [1.29, 1.82) is 0 Å². The number of likely N-dealkylation sites (tertiary alicyclic amines) is 1. The first-order chi connectivity index (χ1) is 12.2. The van der Waals surface area contributed by atoms with E-state index in [0.29, 0.717) is 23.6 Å². The molecule has 0 bridgehead atoms. The zero-order valence-electron chi connectivity index (χ0n) is 14.3. The molecule has 3 aliphatic rings. The number of nitrogens with zero attached hydrogens (tertiary/aromatic N) is 2. The van der Waals surface area contributed by atoms with Crippen LogP contribution in [0.2, 0.25) is 0 Å². The summed E-state index contributed by atoms with van der Waals surface area (Å²) in [6.07, 6.45) is 8.61. The largest absolute Gasteiger partial charge is 0.471 e. The Kier molecular flexibility index (Phi) is 4.56. The number of rotatable bonds is 4. The van der Waals surface area contributed by atoms with Crippen LogP contribution in [0.1, 0.15) is 32.1 Å². The number of anilines is 1. The molecule has 0 amide bonds. The van der Waals surface area contributed by atoms with Crippen LogP contribution in [0.5, 0.6) is 0 Å². The third-order valence-corrected chi connectivity index (χ3v) is 6.93. The molecule has 0 radical (unpaired) electrons. The lowest BCUT2D eigenvalue weighted by Crippen LogP contribution is -2.46. The maximum absolute atomic E-state index is 13.3. The van der Waals surface area contributed by atoms with Crippen LogP contribution in [0.4, 0.5) is 5.69 Å². The third kappa shape index (κ3) is 3.20. The topological polar surface area (TPSA) is 49.9 Å². The van der Waals surface area contributed by atoms with E-state index in [1.807, 2.05) is 42.5 Å². The van der Waals surface area contributed by atoms with Gasteiger partial charge in [0.2, 0.25) is 5.44 Å². The molecule has 134 valence electrons. The minimum Gasteiger partial charge on any atom is -0.471 e. The van der Waals surface area contributed by atoms with E-state index in [1.54, 1.807) is 0 Å². The van der Waals surface area contributed by atoms with E-state index < -0.39 is 15.5 Å². The second-order valence-electron chi connectivity index (χ2n) is 6.76. The highest BCUT2D eigenvalue weighted by atomic mass is 32.2. The Labute approximate surface area is 149 Å². The van der Waals surface area contributed by atoms with Gasteiger partial charge in [-0.25, -0.2) is 12.7 Å². The average molecular weight is 360 g/mol. The normalized spacial score (nSPS) is 25.8. The Morgan fingerprint density at radius 3 is 2.52 bits per heavy atom. The molecule has 1 aliphatic carbocycles. The number of ether oxygens (including phenoxy) is 1. The summed E-state index contributed by atoms with van der Waals surface area (Å²) in [5, 5.41) is 0. The lowest BCUT2D eigenvalue weighted by molar-refractivity contribution is 0.152. The fourth-order valence-corrected chi connectivity index (χ4v) is 5.46. The van der Waals surface area contributed by atoms with Crippen LogP contribution in [0.3, 0.4) is 0 Å². The standard InChI is InChI=1S/C19H24N2O3S/c22-25(23)19(12-15-20-13-6-7-14-20)24-18-11-5-4-10-17(18)21(25)16-8-2-1-3-9-16/h1-3,8-11,19H,4-7,12-15H2. The number of fused-ring (bicyclic) bond motifs is 1. The van der Waals surface area contributed by atoms with E-state index in [0.717, 1.165) is 32.5 Å². The van der Waals surface area contributed by atoms with Gasteiger partial charge in [0.25, 0.3) is 10.0 Å². The predicted octanol–water partition coefficient (Wildman–Crippen LogP) is 3.23. The maximum atomic E-state index is 13.3. The lowest BCUT2D eigenvalue weighted by Gasteiger charge is -2.39. The van der Waals surface area contributed by atoms with Gasteiger partial charge in [-0.3, -0.25) is 0 Å². The molecule has 1 aromatic carbocycles. The van der Waals surface area contributed by atoms with E-state index in [2.05, 4.69) is 4.90 Å². The van der Waals surface area contributed by atoms with Crippen LogP contribution in [0, 0.1) is 0 Å². The number of allylic oxidation sites excluding steroid dienone is 2. The Hall–Kier alpha value is -1.79. The Morgan fingerprint density at radius 2 is 1.76 bits per heavy atom. The van der Waals surface area contributed by atoms with Crippen molar-refractivity contribution in [3.8, 4) is 0 Å². The molecule has 1 atom stereocenters. The summed E-state index contributed by atoms with van der Waals surface area (Å²) in [4.78, 5) is 2.33. The smallest absolute Gasteiger partial charge is 0.277 e. The predicted molar refractivity (Wildman–Crippen MR) is 98.4 cm³/mol. The Morgan fingerprint density at radius 1 is 1.04 bits per heavy atom. The maximum Gasteiger partial charge on any atom is 0.277 e. The molecule has 1 unspecified atom stereocenters. The number of para-hydroxylation sites is 1. The van der Waals surface area contributed by atoms with Crippen molar-refractivity contribution in [3.63, 3.8) is 0 Å². The zero-order valence-corrected chi connectivity index (χ0v) is 15.1. The fraction of sp³-hybridized carbons (Fsp3) is 0.474. The Bertz CT molecular complexity index is 780. The van der Waals surface area contributed by atoms with Crippen LogP contribution in [-0.2, 0) is 14.8 Å². The van der Waals surface area contributed by atoms with Gasteiger partial charge in [0.05, 0.1) is 11.4 Å². The second-order valence-corrected chi connectivity index (χ2v) is 8.69. The number of hydrogen-bond donors (Lipinski definition) is 0. The first-order valence-corrected chi connectivity index (χ1v) is 10.6. The molecule has 2 aliphatic heterocycles. The van der Waals surface area contributed by atoms with Crippen molar-refractivity contribution in [3.05, 3.63) is 53.9 Å². The van der Waals surface area contributed by atoms with E-state index in [4.69, 9.17) is 4.74 Å². The van der Waals surface area contributed by atoms with Crippen molar-refractivity contribution in [2.24, 2.45) is 0 Å². The quantitative estimate of drug-likeness (QED) is 0.827. The SMILES string of the molecule is O=S1(=O)C(CCN2CCCC2)OC2=CCCC=C2N1c1ccccc1. The minimum absolute atomic E-state index is 0.496. The minimum atomic E-state index is -3.60. The van der Waals surface area contributed by atoms with Gasteiger partial charge in [-0.05, 0) is 57.0 Å². The Balaban J connectivity index is 1.65. The molecule has 6 heteroatoms. The highest BCUT2D eigenvalue weighted by molar-refractivity contribution is 7.93. The fourth-order valence-electron chi connectivity index (χ4n) is 3.74. The van der Waals surface area contributed by atoms with Gasteiger partial charge in [-0.15, -0.1) is 0 Å². The molecule has 5 nitrogen and oxygen atoms in total. The molecule has 1 aromatic rings. The zero-order chi connectivity index (χ0) is 17.3. The molecular weight excluding hydrogens is 336 g/mol. The molecule has 0 saturated carbocycles. The van der Waals surface area contributed by atoms with Crippen molar-refractivity contribution in [1.82, 2.24) is 4.90 Å². The van der Waals surface area contributed by atoms with E-state index in [9.17, 15) is 8.42 Å². The summed E-state index contributed by atoms with van der Waals surface area (Å²) in [6.45, 7) is 2.88. The van der Waals surface area contributed by atoms with Gasteiger partial charge in [0, 0.05) is 13.0 Å². The molecule has 0 N–H and O–H groups in total. The van der Waals surface area contributed by atoms with Crippen molar-refractivity contribution in [2.75, 3.05) is 23.9 Å². The molecular formula is C19H24N2O3S. The van der Waals surface area contributed by atoms with Gasteiger partial charge in [-0.2, -0.15) is 0 Å². The van der Waals surface area contributed by atoms with E-state index >= 15 is 0 Å². The molecule has 0 aromatic heterocycles. The van der Waals surface area contributed by atoms with Crippen LogP contribution in [-0.4, -0.2) is 38.4 Å². The summed E-state index contributed by atoms with van der Waals surface area (Å²) >= 11 is 0. The van der Waals surface area contributed by atoms with Gasteiger partial charge >= 0.3 is 0 Å². The van der Waals surface area contributed by atoms with Crippen LogP contribution in [0.25, 0.3) is 0 Å². The first-order valence-electron chi connectivity index (χ1n) is 9.05. The van der Waals surface area contributed by atoms with E-state index in [-0.39, 0.29) is 0 Å². The lowest BCUT2D eigenvalue weighted by atomic mass is 10.1. The van der Waals surface area contributed by atoms with Crippen molar-refractivity contribution < 1.29 is 13.2 Å². The van der Waals surface area contributed by atoms with Crippen molar-refractivity contribution >= 4 is 15.7 Å². The molecule has 25 heavy (non-hydrogen) atoms. The first kappa shape index (κ1) is 16.7. The average Bonchev–Trinajstić information content (AvgIpc) is 3.14. The molecule has 2 heterocycles. The van der Waals surface area contributed by atoms with Gasteiger partial charge in [0.1, 0.15) is 5.76 Å². The summed E-state index contributed by atoms with van der Waals surface area (Å²) < 4.78 is 34.0. The highest BCUT2D eigenvalue weighted by Crippen LogP contribution is 2.39. The molecule has 2 saturated heterocycles. The molecule has 0 spiro atoms. The summed E-state index contributed by atoms with van der Waals surface area (Å²) in [6, 6.07) is 9.31. The van der Waals surface area contributed by atoms with Gasteiger partial charge in [-0.1, -0.05) is 24.3 Å². The third-order valence-electron chi connectivity index (χ3n) is 5.02. The highest BCUT2D eigenvalue weighted by Gasteiger charge is 2.43. The van der Waals surface area contributed by atoms with E-state index in [1.165, 1.54) is 17.1 Å². The van der Waals surface area contributed by atoms with Crippen molar-refractivity contribution in [2.45, 2.75) is 37.5 Å². The molecule has 4 rings (SSSR count). The number of hydrogen-bond acceptors (Lipinski definition) is 4. The molecule has 2 fully saturated rings. The van der Waals surface area contributed by atoms with Gasteiger partial charge < -0.3 is 9.64 Å². The monoisotopic (exact) mass is 360 g/mol. The summed E-state index contributed by atoms with van der Waals surface area (Å²) in [5.41, 5.74) is 0.515. The number of sulfonamides is 1. The second kappa shape index (κ2) is 6.84. The van der Waals surface area contributed by atoms with Crippen LogP contribution in [0.15, 0.2) is 53.9 Å². The van der Waals surface area contributed by atoms with Gasteiger partial charge in [0.15, 0.2) is 0 Å². The number of benzene rings is 1. The van der Waals surface area contributed by atoms with Crippen LogP contribution < -0.4 is 4.31 Å². The van der Waals surface area contributed by atoms with Crippen LogP contribution >= 0.6 is 0 Å².